The molecule has 2 fully saturated rings. The van der Waals surface area contributed by atoms with Crippen LogP contribution >= 0.6 is 0 Å². The van der Waals surface area contributed by atoms with Gasteiger partial charge in [-0.3, -0.25) is 4.72 Å². The SMILES string of the molecule is CC(C)(C)OC(=O)N1C2CCC1CC(c1cccc(NS(C)(=O)=O)c1)C2. The Hall–Kier alpha value is -1.76. The Morgan fingerprint density at radius 1 is 1.19 bits per heavy atom. The summed E-state index contributed by atoms with van der Waals surface area (Å²) in [6.07, 6.45) is 4.72. The highest BCUT2D eigenvalue weighted by atomic mass is 32.2. The molecular weight excluding hydrogens is 352 g/mol. The van der Waals surface area contributed by atoms with Gasteiger partial charge in [0.15, 0.2) is 0 Å². The van der Waals surface area contributed by atoms with Crippen LogP contribution in [0.3, 0.4) is 0 Å². The van der Waals surface area contributed by atoms with E-state index in [9.17, 15) is 13.2 Å². The quantitative estimate of drug-likeness (QED) is 0.867. The second-order valence-corrected chi connectivity index (χ2v) is 10.2. The van der Waals surface area contributed by atoms with Crippen molar-refractivity contribution in [3.05, 3.63) is 29.8 Å². The van der Waals surface area contributed by atoms with E-state index in [0.29, 0.717) is 11.6 Å². The summed E-state index contributed by atoms with van der Waals surface area (Å²) in [7, 11) is -3.29. The summed E-state index contributed by atoms with van der Waals surface area (Å²) >= 11 is 0. The number of ether oxygens (including phenoxy) is 1. The van der Waals surface area contributed by atoms with Gasteiger partial charge in [-0.1, -0.05) is 12.1 Å². The maximum Gasteiger partial charge on any atom is 0.410 e. The number of nitrogens with one attached hydrogen (secondary N) is 1. The highest BCUT2D eigenvalue weighted by molar-refractivity contribution is 7.92. The monoisotopic (exact) mass is 380 g/mol. The van der Waals surface area contributed by atoms with Crippen LogP contribution in [0.5, 0.6) is 0 Å². The summed E-state index contributed by atoms with van der Waals surface area (Å²) in [4.78, 5) is 14.5. The topological polar surface area (TPSA) is 75.7 Å². The summed E-state index contributed by atoms with van der Waals surface area (Å²) in [5.41, 5.74) is 1.23. The van der Waals surface area contributed by atoms with Gasteiger partial charge >= 0.3 is 6.09 Å². The van der Waals surface area contributed by atoms with Gasteiger partial charge in [0.05, 0.1) is 6.26 Å². The fourth-order valence-corrected chi connectivity index (χ4v) is 4.69. The van der Waals surface area contributed by atoms with E-state index in [-0.39, 0.29) is 18.2 Å². The van der Waals surface area contributed by atoms with Crippen LogP contribution < -0.4 is 4.72 Å². The van der Waals surface area contributed by atoms with Gasteiger partial charge in [-0.05, 0) is 70.1 Å². The van der Waals surface area contributed by atoms with Crippen molar-refractivity contribution in [2.24, 2.45) is 0 Å². The molecule has 0 aliphatic carbocycles. The van der Waals surface area contributed by atoms with E-state index in [2.05, 4.69) is 4.72 Å². The molecule has 26 heavy (non-hydrogen) atoms. The first-order valence-corrected chi connectivity index (χ1v) is 11.0. The third kappa shape index (κ3) is 4.50. The highest BCUT2D eigenvalue weighted by Crippen LogP contribution is 2.44. The molecule has 2 aliphatic heterocycles. The molecule has 6 nitrogen and oxygen atoms in total. The van der Waals surface area contributed by atoms with Crippen molar-refractivity contribution >= 4 is 21.8 Å². The smallest absolute Gasteiger partial charge is 0.410 e. The van der Waals surface area contributed by atoms with Gasteiger partial charge in [0.25, 0.3) is 0 Å². The van der Waals surface area contributed by atoms with Gasteiger partial charge in [-0.15, -0.1) is 0 Å². The number of amides is 1. The number of fused-ring (bicyclic) bond motifs is 2. The van der Waals surface area contributed by atoms with Gasteiger partial charge in [0.2, 0.25) is 10.0 Å². The van der Waals surface area contributed by atoms with Crippen molar-refractivity contribution in [3.63, 3.8) is 0 Å². The molecule has 7 heteroatoms. The number of hydrogen-bond donors (Lipinski definition) is 1. The predicted octanol–water partition coefficient (Wildman–Crippen LogP) is 3.70. The van der Waals surface area contributed by atoms with Crippen LogP contribution in [0.1, 0.15) is 57.9 Å². The molecule has 0 radical (unpaired) electrons. The first-order chi connectivity index (χ1) is 12.0. The van der Waals surface area contributed by atoms with E-state index in [1.165, 1.54) is 0 Å². The van der Waals surface area contributed by atoms with Crippen molar-refractivity contribution in [1.82, 2.24) is 4.90 Å². The van der Waals surface area contributed by atoms with Gasteiger partial charge in [-0.2, -0.15) is 0 Å². The van der Waals surface area contributed by atoms with Gasteiger partial charge < -0.3 is 9.64 Å². The molecule has 144 valence electrons. The molecule has 2 heterocycles. The fourth-order valence-electron chi connectivity index (χ4n) is 4.13. The maximum atomic E-state index is 12.6. The molecule has 2 aliphatic rings. The minimum atomic E-state index is -3.29. The largest absolute Gasteiger partial charge is 0.444 e. The van der Waals surface area contributed by atoms with Crippen LogP contribution in [0.25, 0.3) is 0 Å². The standard InChI is InChI=1S/C19H28N2O4S/c1-19(2,3)25-18(22)21-16-8-9-17(21)12-14(11-16)13-6-5-7-15(10-13)20-26(4,23)24/h5-7,10,14,16-17,20H,8-9,11-12H2,1-4H3. The average Bonchev–Trinajstić information content (AvgIpc) is 2.75. The molecule has 0 aromatic heterocycles. The van der Waals surface area contributed by atoms with Crippen molar-refractivity contribution < 1.29 is 17.9 Å². The summed E-state index contributed by atoms with van der Waals surface area (Å²) in [5, 5.41) is 0. The maximum absolute atomic E-state index is 12.6. The lowest BCUT2D eigenvalue weighted by molar-refractivity contribution is 0.00584. The summed E-state index contributed by atoms with van der Waals surface area (Å²) in [6.45, 7) is 5.67. The van der Waals surface area contributed by atoms with E-state index < -0.39 is 15.6 Å². The fraction of sp³-hybridized carbons (Fsp3) is 0.632. The van der Waals surface area contributed by atoms with Gasteiger partial charge in [0.1, 0.15) is 5.60 Å². The van der Waals surface area contributed by atoms with E-state index >= 15 is 0 Å². The zero-order valence-electron chi connectivity index (χ0n) is 15.9. The first kappa shape index (κ1) is 19.0. The van der Waals surface area contributed by atoms with E-state index in [1.807, 2.05) is 43.9 Å². The van der Waals surface area contributed by atoms with Crippen molar-refractivity contribution in [2.75, 3.05) is 11.0 Å². The Morgan fingerprint density at radius 3 is 2.35 bits per heavy atom. The molecule has 1 amide bonds. The molecule has 2 bridgehead atoms. The number of nitrogens with zero attached hydrogens (tertiary/aromatic N) is 1. The number of carbonyl (C=O) groups is 1. The first-order valence-electron chi connectivity index (χ1n) is 9.11. The van der Waals surface area contributed by atoms with Crippen molar-refractivity contribution in [3.8, 4) is 0 Å². The Morgan fingerprint density at radius 2 is 1.81 bits per heavy atom. The Labute approximate surface area is 156 Å². The lowest BCUT2D eigenvalue weighted by Crippen LogP contribution is -2.48. The molecule has 3 rings (SSSR count). The second-order valence-electron chi connectivity index (χ2n) is 8.44. The number of anilines is 1. The molecule has 1 aromatic carbocycles. The number of rotatable bonds is 3. The molecule has 2 saturated heterocycles. The number of carbonyl (C=O) groups excluding carboxylic acids is 1. The van der Waals surface area contributed by atoms with Crippen LogP contribution in [0.15, 0.2) is 24.3 Å². The zero-order valence-corrected chi connectivity index (χ0v) is 16.7. The lowest BCUT2D eigenvalue weighted by Gasteiger charge is -2.39. The van der Waals surface area contributed by atoms with E-state index in [1.54, 1.807) is 6.07 Å². The minimum absolute atomic E-state index is 0.195. The molecule has 2 atom stereocenters. The Kier molecular flexibility index (Phi) is 4.94. The van der Waals surface area contributed by atoms with Crippen LogP contribution in [0.4, 0.5) is 10.5 Å². The second kappa shape index (κ2) is 6.76. The van der Waals surface area contributed by atoms with Crippen LogP contribution in [-0.4, -0.2) is 43.4 Å². The predicted molar refractivity (Wildman–Crippen MR) is 102 cm³/mol. The van der Waals surface area contributed by atoms with E-state index in [4.69, 9.17) is 4.74 Å². The number of sulfonamides is 1. The summed E-state index contributed by atoms with van der Waals surface area (Å²) < 4.78 is 31.1. The number of hydrogen-bond acceptors (Lipinski definition) is 4. The normalized spacial score (nSPS) is 25.8. The van der Waals surface area contributed by atoms with Gasteiger partial charge in [0, 0.05) is 17.8 Å². The molecule has 0 spiro atoms. The lowest BCUT2D eigenvalue weighted by atomic mass is 9.85. The van der Waals surface area contributed by atoms with Crippen LogP contribution in [-0.2, 0) is 14.8 Å². The highest BCUT2D eigenvalue weighted by Gasteiger charge is 2.45. The molecule has 1 aromatic rings. The number of piperidine rings is 1. The molecule has 2 unspecified atom stereocenters. The molecular formula is C19H28N2O4S. The summed E-state index contributed by atoms with van der Waals surface area (Å²) in [5.74, 6) is 0.326. The summed E-state index contributed by atoms with van der Waals surface area (Å²) in [6, 6.07) is 7.98. The van der Waals surface area contributed by atoms with Crippen molar-refractivity contribution in [2.45, 2.75) is 70.1 Å². The third-order valence-corrected chi connectivity index (χ3v) is 5.61. The zero-order chi connectivity index (χ0) is 19.1. The van der Waals surface area contributed by atoms with Crippen LogP contribution in [0.2, 0.25) is 0 Å². The van der Waals surface area contributed by atoms with E-state index in [0.717, 1.165) is 37.5 Å². The van der Waals surface area contributed by atoms with Crippen molar-refractivity contribution in [1.29, 1.82) is 0 Å². The van der Waals surface area contributed by atoms with Gasteiger partial charge in [-0.25, -0.2) is 13.2 Å². The third-order valence-electron chi connectivity index (χ3n) is 5.00. The van der Waals surface area contributed by atoms with Crippen LogP contribution in [0, 0.1) is 0 Å². The molecule has 0 saturated carbocycles. The number of benzene rings is 1. The average molecular weight is 381 g/mol. The molecule has 1 N–H and O–H groups in total. The Balaban J connectivity index is 1.73. The minimum Gasteiger partial charge on any atom is -0.444 e. The Bertz CT molecular complexity index is 771.